The molecule has 1 aromatic heterocycles. The van der Waals surface area contributed by atoms with Gasteiger partial charge in [-0.15, -0.1) is 0 Å². The van der Waals surface area contributed by atoms with Crippen molar-refractivity contribution in [2.75, 3.05) is 0 Å². The van der Waals surface area contributed by atoms with Gasteiger partial charge in [0.1, 0.15) is 5.82 Å². The number of rotatable bonds is 3. The highest BCUT2D eigenvalue weighted by Gasteiger charge is 1.88. The molecule has 1 aromatic carbocycles. The molecule has 0 saturated carbocycles. The molecule has 0 aliphatic heterocycles. The summed E-state index contributed by atoms with van der Waals surface area (Å²) in [5.41, 5.74) is 1.22. The first-order valence-corrected chi connectivity index (χ1v) is 4.65. The molecule has 2 heteroatoms. The van der Waals surface area contributed by atoms with Crippen molar-refractivity contribution in [2.24, 2.45) is 0 Å². The minimum atomic E-state index is 0.849. The van der Waals surface area contributed by atoms with Crippen molar-refractivity contribution >= 4 is 6.08 Å². The minimum absolute atomic E-state index is 0.849. The van der Waals surface area contributed by atoms with Crippen molar-refractivity contribution in [2.45, 2.75) is 6.42 Å². The van der Waals surface area contributed by atoms with Gasteiger partial charge in [0.2, 0.25) is 0 Å². The van der Waals surface area contributed by atoms with Crippen molar-refractivity contribution in [3.05, 3.63) is 60.2 Å². The molecule has 0 spiro atoms. The summed E-state index contributed by atoms with van der Waals surface area (Å²) in [7, 11) is 0. The Hall–Kier alpha value is -1.83. The molecule has 0 fully saturated rings. The Morgan fingerprint density at radius 1 is 1.21 bits per heavy atom. The molecule has 2 aromatic rings. The number of hydrogen-bond donors (Lipinski definition) is 1. The van der Waals surface area contributed by atoms with Crippen LogP contribution in [0.2, 0.25) is 0 Å². The van der Waals surface area contributed by atoms with Crippen molar-refractivity contribution in [1.82, 2.24) is 9.97 Å². The summed E-state index contributed by atoms with van der Waals surface area (Å²) in [6, 6.07) is 10.3. The van der Waals surface area contributed by atoms with E-state index in [-0.39, 0.29) is 0 Å². The van der Waals surface area contributed by atoms with Crippen LogP contribution in [0.4, 0.5) is 0 Å². The topological polar surface area (TPSA) is 28.7 Å². The van der Waals surface area contributed by atoms with Gasteiger partial charge in [-0.2, -0.15) is 0 Å². The monoisotopic (exact) mass is 184 g/mol. The number of nitrogens with zero attached hydrogens (tertiary/aromatic N) is 1. The van der Waals surface area contributed by atoms with Crippen LogP contribution in [0.5, 0.6) is 0 Å². The molecule has 14 heavy (non-hydrogen) atoms. The van der Waals surface area contributed by atoms with E-state index in [2.05, 4.69) is 34.3 Å². The van der Waals surface area contributed by atoms with Gasteiger partial charge in [0.25, 0.3) is 0 Å². The van der Waals surface area contributed by atoms with Crippen LogP contribution in [0.25, 0.3) is 6.08 Å². The van der Waals surface area contributed by atoms with Gasteiger partial charge in [0.15, 0.2) is 0 Å². The number of aromatic nitrogens is 2. The molecule has 0 atom stereocenters. The summed E-state index contributed by atoms with van der Waals surface area (Å²) >= 11 is 0. The van der Waals surface area contributed by atoms with Gasteiger partial charge in [0, 0.05) is 18.8 Å². The van der Waals surface area contributed by atoms with Gasteiger partial charge in [-0.3, -0.25) is 0 Å². The standard InChI is InChI=1S/C12H12N2/c1-2-5-11(6-3-1)7-4-8-12-13-9-10-14-12/h1-7,9-10H,8H2,(H,13,14)/b7-4+. The largest absolute Gasteiger partial charge is 0.348 e. The number of aromatic amines is 1. The van der Waals surface area contributed by atoms with Crippen LogP contribution in [-0.2, 0) is 6.42 Å². The number of hydrogen-bond acceptors (Lipinski definition) is 1. The second kappa shape index (κ2) is 4.42. The summed E-state index contributed by atoms with van der Waals surface area (Å²) in [6.45, 7) is 0. The third-order valence-corrected chi connectivity index (χ3v) is 1.98. The molecule has 0 radical (unpaired) electrons. The molecule has 0 unspecified atom stereocenters. The van der Waals surface area contributed by atoms with Crippen LogP contribution in [-0.4, -0.2) is 9.97 Å². The summed E-state index contributed by atoms with van der Waals surface area (Å²) < 4.78 is 0. The molecule has 0 bridgehead atoms. The Labute approximate surface area is 83.3 Å². The molecule has 2 nitrogen and oxygen atoms in total. The third kappa shape index (κ3) is 2.33. The second-order valence-corrected chi connectivity index (χ2v) is 3.05. The van der Waals surface area contributed by atoms with E-state index in [9.17, 15) is 0 Å². The van der Waals surface area contributed by atoms with Crippen molar-refractivity contribution in [3.8, 4) is 0 Å². The number of allylic oxidation sites excluding steroid dienone is 1. The lowest BCUT2D eigenvalue weighted by Gasteiger charge is -1.91. The van der Waals surface area contributed by atoms with Gasteiger partial charge in [-0.1, -0.05) is 42.5 Å². The average Bonchev–Trinajstić information content (AvgIpc) is 2.72. The SMILES string of the molecule is C(=C\c1ccccc1)/Cc1ncc[nH]1. The van der Waals surface area contributed by atoms with Gasteiger partial charge < -0.3 is 4.98 Å². The fraction of sp³-hybridized carbons (Fsp3) is 0.0833. The fourth-order valence-electron chi connectivity index (χ4n) is 1.28. The van der Waals surface area contributed by atoms with Gasteiger partial charge in [0.05, 0.1) is 0 Å². The smallest absolute Gasteiger partial charge is 0.109 e. The molecule has 2 rings (SSSR count). The van der Waals surface area contributed by atoms with Gasteiger partial charge in [-0.05, 0) is 5.56 Å². The molecule has 0 saturated heterocycles. The Bertz CT molecular complexity index is 388. The molecular formula is C12H12N2. The predicted octanol–water partition coefficient (Wildman–Crippen LogP) is 2.67. The van der Waals surface area contributed by atoms with Crippen molar-refractivity contribution < 1.29 is 0 Å². The first-order valence-electron chi connectivity index (χ1n) is 4.65. The highest BCUT2D eigenvalue weighted by Crippen LogP contribution is 2.02. The first kappa shape index (κ1) is 8.75. The van der Waals surface area contributed by atoms with Crippen LogP contribution < -0.4 is 0 Å². The Morgan fingerprint density at radius 3 is 2.79 bits per heavy atom. The zero-order valence-corrected chi connectivity index (χ0v) is 7.85. The number of imidazole rings is 1. The summed E-state index contributed by atoms with van der Waals surface area (Å²) in [5.74, 6) is 0.997. The highest BCUT2D eigenvalue weighted by atomic mass is 14.9. The summed E-state index contributed by atoms with van der Waals surface area (Å²) in [5, 5.41) is 0. The van der Waals surface area contributed by atoms with Crippen LogP contribution >= 0.6 is 0 Å². The predicted molar refractivity (Wildman–Crippen MR) is 57.8 cm³/mol. The van der Waals surface area contributed by atoms with E-state index in [1.165, 1.54) is 5.56 Å². The Morgan fingerprint density at radius 2 is 2.07 bits per heavy atom. The number of benzene rings is 1. The molecule has 0 aliphatic carbocycles. The highest BCUT2D eigenvalue weighted by molar-refractivity contribution is 5.48. The van der Waals surface area contributed by atoms with E-state index in [1.54, 1.807) is 6.20 Å². The van der Waals surface area contributed by atoms with Crippen molar-refractivity contribution in [3.63, 3.8) is 0 Å². The van der Waals surface area contributed by atoms with E-state index >= 15 is 0 Å². The van der Waals surface area contributed by atoms with E-state index < -0.39 is 0 Å². The number of H-pyrrole nitrogens is 1. The minimum Gasteiger partial charge on any atom is -0.348 e. The summed E-state index contributed by atoms with van der Waals surface area (Å²) in [6.07, 6.45) is 8.66. The lowest BCUT2D eigenvalue weighted by molar-refractivity contribution is 1.06. The second-order valence-electron chi connectivity index (χ2n) is 3.05. The lowest BCUT2D eigenvalue weighted by Crippen LogP contribution is -1.82. The normalized spacial score (nSPS) is 10.9. The van der Waals surface area contributed by atoms with Gasteiger partial charge in [-0.25, -0.2) is 4.98 Å². The number of nitrogens with one attached hydrogen (secondary N) is 1. The Kier molecular flexibility index (Phi) is 2.76. The molecule has 70 valence electrons. The maximum Gasteiger partial charge on any atom is 0.109 e. The van der Waals surface area contributed by atoms with E-state index in [4.69, 9.17) is 0 Å². The molecule has 1 heterocycles. The van der Waals surface area contributed by atoms with E-state index in [0.717, 1.165) is 12.2 Å². The van der Waals surface area contributed by atoms with E-state index in [0.29, 0.717) is 0 Å². The maximum atomic E-state index is 4.14. The zero-order valence-electron chi connectivity index (χ0n) is 7.85. The summed E-state index contributed by atoms with van der Waals surface area (Å²) in [4.78, 5) is 7.20. The molecule has 1 N–H and O–H groups in total. The quantitative estimate of drug-likeness (QED) is 0.780. The Balaban J connectivity index is 1.96. The van der Waals surface area contributed by atoms with Gasteiger partial charge >= 0.3 is 0 Å². The lowest BCUT2D eigenvalue weighted by atomic mass is 10.2. The van der Waals surface area contributed by atoms with E-state index in [1.807, 2.05) is 24.4 Å². The van der Waals surface area contributed by atoms with Crippen LogP contribution in [0.15, 0.2) is 48.8 Å². The third-order valence-electron chi connectivity index (χ3n) is 1.98. The van der Waals surface area contributed by atoms with Crippen LogP contribution in [0.3, 0.4) is 0 Å². The first-order chi connectivity index (χ1) is 6.95. The zero-order chi connectivity index (χ0) is 9.64. The van der Waals surface area contributed by atoms with Crippen LogP contribution in [0.1, 0.15) is 11.4 Å². The molecule has 0 aliphatic rings. The maximum absolute atomic E-state index is 4.14. The van der Waals surface area contributed by atoms with Crippen molar-refractivity contribution in [1.29, 1.82) is 0 Å². The fourth-order valence-corrected chi connectivity index (χ4v) is 1.28. The molecular weight excluding hydrogens is 172 g/mol. The molecule has 0 amide bonds. The average molecular weight is 184 g/mol. The van der Waals surface area contributed by atoms with Crippen LogP contribution in [0, 0.1) is 0 Å².